The van der Waals surface area contributed by atoms with E-state index in [2.05, 4.69) is 94.7 Å². The molecule has 4 saturated heterocycles. The predicted octanol–water partition coefficient (Wildman–Crippen LogP) is 19.4. The minimum absolute atomic E-state index is 0.00644. The van der Waals surface area contributed by atoms with Crippen molar-refractivity contribution >= 4 is 11.7 Å². The molecule has 0 saturated carbocycles. The first-order chi connectivity index (χ1) is 70.1. The third-order valence-electron chi connectivity index (χ3n) is 31.8. The smallest absolute Gasteiger partial charge is 0.315 e. The van der Waals surface area contributed by atoms with Crippen molar-refractivity contribution in [2.75, 3.05) is 147 Å². The summed E-state index contributed by atoms with van der Waals surface area (Å²) in [7, 11) is 11.9. The number of hydrogen-bond acceptors (Lipinski definition) is 31. The molecule has 0 spiro atoms. The van der Waals surface area contributed by atoms with Gasteiger partial charge in [0.15, 0.2) is 115 Å². The van der Waals surface area contributed by atoms with Crippen LogP contribution in [0, 0.1) is 23.7 Å². The van der Waals surface area contributed by atoms with Crippen molar-refractivity contribution in [1.29, 1.82) is 0 Å². The number of phenolic OH excluding ortho intramolecular Hbond substituents is 3. The summed E-state index contributed by atoms with van der Waals surface area (Å²) in [6.07, 6.45) is 11.5. The molecular weight excluding hydrogens is 1860 g/mol. The molecule has 14 unspecified atom stereocenters. The van der Waals surface area contributed by atoms with Gasteiger partial charge in [-0.15, -0.1) is 0 Å². The summed E-state index contributed by atoms with van der Waals surface area (Å²) in [4.78, 5) is 25.3. The summed E-state index contributed by atoms with van der Waals surface area (Å²) in [5.74, 6) is 10.9. The largest absolute Gasteiger partial charge is 0.504 e. The Labute approximate surface area is 846 Å². The van der Waals surface area contributed by atoms with E-state index < -0.39 is 23.2 Å². The normalized spacial score (nSPS) is 26.4. The second-order valence-electron chi connectivity index (χ2n) is 40.3. The SMILES string of the molecule is CCOC(=O)C1C(c2ccc(N(C)C)cc2)c2cc3c(cc2OC1(C)N1CCCC1)OCO3.COc1cc(C2c3cc4c(cc3OC(N3CCCCC3)C2C)OCO4)cc(OC)c1O.COc1ccc(C2CC(C)(N3CCCC3)Oc3cc4c(cc32)OCO4)cc1.COc1cccc(C2c3cc4c(cc3OC(C)(N3CCCC3)C2C)OCO4)c1O.COc1cccc(C2c3cc4c(cc3OC(C)(O)C2C)OCO4)c1O. The first-order valence-electron chi connectivity index (χ1n) is 50.7. The number of esters is 1. The molecule has 10 aromatic carbocycles. The first kappa shape index (κ1) is 99.0. The van der Waals surface area contributed by atoms with Gasteiger partial charge in [0.1, 0.15) is 40.4 Å². The fraction of sp³-hybridized carbons (Fsp3) is 0.465. The van der Waals surface area contributed by atoms with Crippen LogP contribution >= 0.6 is 0 Å². The molecule has 24 rings (SSSR count). The molecule has 0 aromatic heterocycles. The van der Waals surface area contributed by atoms with Crippen LogP contribution in [-0.4, -0.2) is 218 Å². The summed E-state index contributed by atoms with van der Waals surface area (Å²) in [6, 6.07) is 51.1. The lowest BCUT2D eigenvalue weighted by molar-refractivity contribution is -0.174. The Morgan fingerprint density at radius 2 is 0.772 bits per heavy atom. The average Bonchev–Trinajstić information content (AvgIpc) is 1.71. The van der Waals surface area contributed by atoms with Crippen LogP contribution in [-0.2, 0) is 9.53 Å². The summed E-state index contributed by atoms with van der Waals surface area (Å²) >= 11 is 0. The van der Waals surface area contributed by atoms with Gasteiger partial charge >= 0.3 is 5.97 Å². The van der Waals surface area contributed by atoms with E-state index in [1.165, 1.54) is 63.2 Å². The highest BCUT2D eigenvalue weighted by Crippen LogP contribution is 2.61. The van der Waals surface area contributed by atoms with Crippen molar-refractivity contribution in [3.63, 3.8) is 0 Å². The molecule has 31 heteroatoms. The van der Waals surface area contributed by atoms with E-state index in [4.69, 9.17) is 99.5 Å². The van der Waals surface area contributed by atoms with E-state index >= 15 is 0 Å². The lowest BCUT2D eigenvalue weighted by Crippen LogP contribution is -2.61. The van der Waals surface area contributed by atoms with Crippen LogP contribution in [0.1, 0.15) is 205 Å². The number of para-hydroxylation sites is 2. The topological polar surface area (TPSA) is 308 Å². The van der Waals surface area contributed by atoms with Gasteiger partial charge in [-0.2, -0.15) is 0 Å². The number of piperidine rings is 1. The van der Waals surface area contributed by atoms with Gasteiger partial charge in [-0.05, 0) is 175 Å². The van der Waals surface area contributed by atoms with Crippen LogP contribution in [0.2, 0.25) is 0 Å². The maximum absolute atomic E-state index is 13.6. The van der Waals surface area contributed by atoms with Crippen molar-refractivity contribution in [1.82, 2.24) is 19.6 Å². The highest BCUT2D eigenvalue weighted by Gasteiger charge is 2.58. The maximum atomic E-state index is 13.6. The van der Waals surface area contributed by atoms with Crippen LogP contribution in [0.3, 0.4) is 0 Å². The van der Waals surface area contributed by atoms with Crippen LogP contribution in [0.5, 0.6) is 132 Å². The number of carbonyl (C=O) groups is 1. The zero-order valence-corrected chi connectivity index (χ0v) is 85.3. The number of anilines is 1. The number of rotatable bonds is 17. The molecule has 0 aliphatic carbocycles. The van der Waals surface area contributed by atoms with E-state index in [9.17, 15) is 25.2 Å². The minimum atomic E-state index is -1.40. The highest BCUT2D eigenvalue weighted by molar-refractivity contribution is 5.78. The number of ether oxygens (including phenoxy) is 21. The Hall–Kier alpha value is -13.3. The van der Waals surface area contributed by atoms with Crippen LogP contribution in [0.15, 0.2) is 158 Å². The van der Waals surface area contributed by atoms with Gasteiger partial charge in [0.25, 0.3) is 0 Å². The highest BCUT2D eigenvalue weighted by atomic mass is 16.7. The second kappa shape index (κ2) is 40.9. The number of likely N-dealkylation sites (tertiary alicyclic amines) is 4. The second-order valence-corrected chi connectivity index (χ2v) is 40.3. The van der Waals surface area contributed by atoms with Crippen molar-refractivity contribution in [3.8, 4) is 132 Å². The molecular formula is C114H133N5O26. The minimum Gasteiger partial charge on any atom is -0.504 e. The number of fused-ring (bicyclic) bond motifs is 10. The van der Waals surface area contributed by atoms with Gasteiger partial charge in [0.2, 0.25) is 45.5 Å². The number of aromatic hydroxyl groups is 3. The summed E-state index contributed by atoms with van der Waals surface area (Å²) in [6.45, 7) is 25.6. The third kappa shape index (κ3) is 18.8. The molecule has 14 heterocycles. The first-order valence-corrected chi connectivity index (χ1v) is 50.7. The molecule has 31 nitrogen and oxygen atoms in total. The van der Waals surface area contributed by atoms with Gasteiger partial charge in [0, 0.05) is 202 Å². The fourth-order valence-electron chi connectivity index (χ4n) is 23.7. The molecule has 0 radical (unpaired) electrons. The van der Waals surface area contributed by atoms with Crippen LogP contribution in [0.25, 0.3) is 0 Å². The fourth-order valence-corrected chi connectivity index (χ4v) is 23.7. The van der Waals surface area contributed by atoms with Gasteiger partial charge in [-0.25, -0.2) is 0 Å². The Morgan fingerprint density at radius 1 is 0.379 bits per heavy atom. The average molecular weight is 1990 g/mol. The quantitative estimate of drug-likeness (QED) is 0.0616. The molecule has 10 aromatic rings. The zero-order chi connectivity index (χ0) is 101. The number of methoxy groups -OCH3 is 5. The van der Waals surface area contributed by atoms with Crippen molar-refractivity contribution in [3.05, 3.63) is 213 Å². The third-order valence-corrected chi connectivity index (χ3v) is 31.8. The van der Waals surface area contributed by atoms with E-state index in [0.717, 1.165) is 168 Å². The Balaban J connectivity index is 0.000000111. The van der Waals surface area contributed by atoms with Gasteiger partial charge in [-0.3, -0.25) is 24.4 Å². The van der Waals surface area contributed by atoms with Crippen molar-refractivity contribution in [2.45, 2.75) is 178 Å². The van der Waals surface area contributed by atoms with Crippen LogP contribution < -0.4 is 99.6 Å². The Morgan fingerprint density at radius 3 is 1.23 bits per heavy atom. The maximum Gasteiger partial charge on any atom is 0.315 e. The van der Waals surface area contributed by atoms with E-state index in [-0.39, 0.29) is 116 Å². The van der Waals surface area contributed by atoms with Gasteiger partial charge in [0.05, 0.1) is 42.2 Å². The lowest BCUT2D eigenvalue weighted by atomic mass is 9.72. The molecule has 0 bridgehead atoms. The van der Waals surface area contributed by atoms with E-state index in [1.807, 2.05) is 132 Å². The molecule has 145 heavy (non-hydrogen) atoms. The summed E-state index contributed by atoms with van der Waals surface area (Å²) in [5.41, 5.74) is 9.24. The summed E-state index contributed by atoms with van der Waals surface area (Å²) in [5, 5.41) is 42.8. The van der Waals surface area contributed by atoms with Gasteiger partial charge in [-0.1, -0.05) is 75.7 Å². The monoisotopic (exact) mass is 1990 g/mol. The zero-order valence-electron chi connectivity index (χ0n) is 85.3. The van der Waals surface area contributed by atoms with E-state index in [0.29, 0.717) is 75.4 Å². The summed E-state index contributed by atoms with van der Waals surface area (Å²) < 4.78 is 121. The Kier molecular flexibility index (Phi) is 28.0. The number of hydrogen-bond donors (Lipinski definition) is 4. The van der Waals surface area contributed by atoms with Crippen molar-refractivity contribution < 1.29 is 125 Å². The van der Waals surface area contributed by atoms with E-state index in [1.54, 1.807) is 53.6 Å². The van der Waals surface area contributed by atoms with Gasteiger partial charge < -0.3 is 125 Å². The standard InChI is InChI=1S/C26H32N2O5.C24H29NO6.C23H27NO5.C22H25NO4.C19H20O6/c1-5-30-25(29)24-23(17-8-10-18(11-9-17)27(3)4)19-14-21-22(32-16-31-21)15-20(19)33-26(24,2)28-12-6-7-13-28;1-14-22(15-9-20(27-2)23(26)21(10-15)28-3)16-11-18-19(30-13-29-18)12-17(16)31-24(14)25-7-5-4-6-8-25;1-14-21(15-7-6-8-17(26-3)22(15)25)16-11-19-20(28-13-27-19)12-18(16)29-23(14,2)24-9-4-5-10-24;1-22(23-9-3-4-10-23)13-18(15-5-7-16(24-2)8-6-15)17-11-20-21(26-14-25-20)12-19(17)27-22;1-10-17(11-5-4-6-13(22-3)18(11)20)12-7-15-16(24-9-23-15)8-14(12)25-19(10,2)21/h8-11,14-15,23-24H,5-7,12-13,16H2,1-4H3;9-12,14,22,24,26H,4-8,13H2,1-3H3;6-8,11-12,14,21,25H,4-5,9-10,13H2,1-3H3;5-8,11-12,18H,3-4,9-10,13-14H2,1-2H3;4-8,10,17,20-21H,9H2,1-3H3. The molecule has 4 N–H and O–H groups in total. The molecule has 770 valence electrons. The number of benzene rings is 10. The van der Waals surface area contributed by atoms with Crippen molar-refractivity contribution in [2.24, 2.45) is 23.7 Å². The predicted molar refractivity (Wildman–Crippen MR) is 539 cm³/mol. The molecule has 14 aliphatic rings. The number of carbonyl (C=O) groups excluding carboxylic acids is 1. The lowest BCUT2D eigenvalue weighted by Gasteiger charge is -2.50. The number of nitrogens with zero attached hydrogens (tertiary/aromatic N) is 5. The molecule has 14 aliphatic heterocycles. The number of phenols is 3. The Bertz CT molecular complexity index is 6350. The van der Waals surface area contributed by atoms with Crippen LogP contribution in [0.4, 0.5) is 5.69 Å². The molecule has 14 atom stereocenters. The number of aliphatic hydroxyl groups is 1. The molecule has 0 amide bonds. The molecule has 4 fully saturated rings.